The first kappa shape index (κ1) is 14.3. The third kappa shape index (κ3) is 3.44. The Morgan fingerprint density at radius 2 is 2.35 bits per heavy atom. The zero-order chi connectivity index (χ0) is 14.4. The van der Waals surface area contributed by atoms with Gasteiger partial charge < -0.3 is 9.64 Å². The molecule has 1 unspecified atom stereocenters. The largest absolute Gasteiger partial charge is 0.470 e. The van der Waals surface area contributed by atoms with Crippen molar-refractivity contribution in [1.82, 2.24) is 14.9 Å². The highest BCUT2D eigenvalue weighted by molar-refractivity contribution is 5.76. The van der Waals surface area contributed by atoms with Crippen LogP contribution in [0.4, 0.5) is 0 Å². The van der Waals surface area contributed by atoms with Crippen LogP contribution in [-0.2, 0) is 4.79 Å². The van der Waals surface area contributed by atoms with Crippen LogP contribution < -0.4 is 4.74 Å². The van der Waals surface area contributed by atoms with Crippen LogP contribution in [0.2, 0.25) is 0 Å². The second-order valence-electron chi connectivity index (χ2n) is 4.79. The van der Waals surface area contributed by atoms with E-state index in [0.717, 1.165) is 19.3 Å². The van der Waals surface area contributed by atoms with Crippen molar-refractivity contribution in [3.63, 3.8) is 0 Å². The number of unbranched alkanes of at least 4 members (excludes halogenated alkanes) is 1. The van der Waals surface area contributed by atoms with Gasteiger partial charge in [-0.25, -0.2) is 9.97 Å². The van der Waals surface area contributed by atoms with Gasteiger partial charge in [-0.1, -0.05) is 13.3 Å². The van der Waals surface area contributed by atoms with Crippen LogP contribution in [0.25, 0.3) is 0 Å². The number of carbonyl (C=O) groups is 1. The molecule has 2 rings (SSSR count). The van der Waals surface area contributed by atoms with Gasteiger partial charge in [-0.05, 0) is 6.42 Å². The summed E-state index contributed by atoms with van der Waals surface area (Å²) in [6, 6.07) is 1.95. The molecule has 6 nitrogen and oxygen atoms in total. The van der Waals surface area contributed by atoms with Gasteiger partial charge in [-0.3, -0.25) is 4.79 Å². The maximum atomic E-state index is 11.9. The van der Waals surface area contributed by atoms with Crippen LogP contribution in [0.5, 0.6) is 5.88 Å². The minimum atomic E-state index is -0.107. The second kappa shape index (κ2) is 6.85. The van der Waals surface area contributed by atoms with Gasteiger partial charge in [0.25, 0.3) is 5.88 Å². The van der Waals surface area contributed by atoms with Crippen molar-refractivity contribution in [3.05, 3.63) is 18.1 Å². The van der Waals surface area contributed by atoms with E-state index in [0.29, 0.717) is 19.5 Å². The van der Waals surface area contributed by atoms with Crippen molar-refractivity contribution in [2.75, 3.05) is 13.1 Å². The maximum absolute atomic E-state index is 11.9. The van der Waals surface area contributed by atoms with Crippen LogP contribution in [0.15, 0.2) is 12.4 Å². The minimum Gasteiger partial charge on any atom is -0.470 e. The molecule has 0 radical (unpaired) electrons. The molecule has 0 bridgehead atoms. The molecule has 106 valence electrons. The zero-order valence-corrected chi connectivity index (χ0v) is 11.6. The van der Waals surface area contributed by atoms with Crippen molar-refractivity contribution < 1.29 is 9.53 Å². The maximum Gasteiger partial charge on any atom is 0.251 e. The fraction of sp³-hybridized carbons (Fsp3) is 0.571. The van der Waals surface area contributed by atoms with Gasteiger partial charge in [0.2, 0.25) is 11.6 Å². The molecule has 1 atom stereocenters. The zero-order valence-electron chi connectivity index (χ0n) is 11.6. The van der Waals surface area contributed by atoms with E-state index in [9.17, 15) is 4.79 Å². The van der Waals surface area contributed by atoms with Crippen LogP contribution >= 0.6 is 0 Å². The number of carbonyl (C=O) groups excluding carboxylic acids is 1. The molecule has 2 heterocycles. The molecule has 1 amide bonds. The third-order valence-electron chi connectivity index (χ3n) is 3.29. The molecule has 0 spiro atoms. The lowest BCUT2D eigenvalue weighted by Gasteiger charge is -2.16. The number of ether oxygens (including phenoxy) is 1. The van der Waals surface area contributed by atoms with Crippen LogP contribution in [0.1, 0.15) is 38.3 Å². The van der Waals surface area contributed by atoms with Gasteiger partial charge in [-0.15, -0.1) is 0 Å². The van der Waals surface area contributed by atoms with Crippen LogP contribution in [0, 0.1) is 11.3 Å². The average Bonchev–Trinajstić information content (AvgIpc) is 2.94. The highest BCUT2D eigenvalue weighted by Gasteiger charge is 2.28. The standard InChI is InChI=1S/C14H18N4O2/c1-2-3-4-13(19)18-8-5-11(10-18)20-14-12(9-15)16-6-7-17-14/h6-7,11H,2-5,8,10H2,1H3. The smallest absolute Gasteiger partial charge is 0.251 e. The first-order valence-electron chi connectivity index (χ1n) is 6.90. The van der Waals surface area contributed by atoms with Crippen molar-refractivity contribution >= 4 is 5.91 Å². The Morgan fingerprint density at radius 1 is 1.55 bits per heavy atom. The summed E-state index contributed by atoms with van der Waals surface area (Å²) < 4.78 is 5.69. The quantitative estimate of drug-likeness (QED) is 0.813. The Hall–Kier alpha value is -2.16. The molecule has 20 heavy (non-hydrogen) atoms. The average molecular weight is 274 g/mol. The Balaban J connectivity index is 1.90. The molecule has 0 aliphatic carbocycles. The number of amides is 1. The minimum absolute atomic E-state index is 0.107. The summed E-state index contributed by atoms with van der Waals surface area (Å²) in [5, 5.41) is 8.93. The topological polar surface area (TPSA) is 79.1 Å². The van der Waals surface area contributed by atoms with E-state index in [1.807, 2.05) is 11.0 Å². The van der Waals surface area contributed by atoms with Gasteiger partial charge >= 0.3 is 0 Å². The van der Waals surface area contributed by atoms with E-state index in [1.54, 1.807) is 0 Å². The molecular formula is C14H18N4O2. The molecule has 1 aromatic heterocycles. The third-order valence-corrected chi connectivity index (χ3v) is 3.29. The number of rotatable bonds is 5. The fourth-order valence-corrected chi connectivity index (χ4v) is 2.18. The fourth-order valence-electron chi connectivity index (χ4n) is 2.18. The van der Waals surface area contributed by atoms with Crippen molar-refractivity contribution in [3.8, 4) is 11.9 Å². The predicted molar refractivity (Wildman–Crippen MR) is 71.9 cm³/mol. The summed E-state index contributed by atoms with van der Waals surface area (Å²) in [7, 11) is 0. The lowest BCUT2D eigenvalue weighted by molar-refractivity contribution is -0.130. The van der Waals surface area contributed by atoms with Crippen molar-refractivity contribution in [2.24, 2.45) is 0 Å². The number of hydrogen-bond donors (Lipinski definition) is 0. The monoisotopic (exact) mass is 274 g/mol. The van der Waals surface area contributed by atoms with Gasteiger partial charge in [0, 0.05) is 31.8 Å². The number of aromatic nitrogens is 2. The van der Waals surface area contributed by atoms with E-state index in [4.69, 9.17) is 10.00 Å². The van der Waals surface area contributed by atoms with Gasteiger partial charge in [-0.2, -0.15) is 5.26 Å². The van der Waals surface area contributed by atoms with Gasteiger partial charge in [0.15, 0.2) is 0 Å². The van der Waals surface area contributed by atoms with Gasteiger partial charge in [0.05, 0.1) is 6.54 Å². The van der Waals surface area contributed by atoms with Crippen molar-refractivity contribution in [1.29, 1.82) is 5.26 Å². The molecule has 1 aromatic rings. The predicted octanol–water partition coefficient (Wildman–Crippen LogP) is 1.52. The normalized spacial score (nSPS) is 17.8. The van der Waals surface area contributed by atoms with E-state index >= 15 is 0 Å². The molecular weight excluding hydrogens is 256 g/mol. The molecule has 6 heteroatoms. The number of nitriles is 1. The Bertz CT molecular complexity index is 512. The highest BCUT2D eigenvalue weighted by atomic mass is 16.5. The highest BCUT2D eigenvalue weighted by Crippen LogP contribution is 2.19. The van der Waals surface area contributed by atoms with Crippen molar-refractivity contribution in [2.45, 2.75) is 38.7 Å². The SMILES string of the molecule is CCCCC(=O)N1CCC(Oc2nccnc2C#N)C1. The molecule has 0 N–H and O–H groups in total. The second-order valence-corrected chi connectivity index (χ2v) is 4.79. The van der Waals surface area contributed by atoms with Crippen LogP contribution in [-0.4, -0.2) is 40.0 Å². The van der Waals surface area contributed by atoms with E-state index in [2.05, 4.69) is 16.9 Å². The van der Waals surface area contributed by atoms with E-state index in [-0.39, 0.29) is 23.6 Å². The molecule has 1 aliphatic heterocycles. The van der Waals surface area contributed by atoms with E-state index < -0.39 is 0 Å². The Kier molecular flexibility index (Phi) is 4.88. The summed E-state index contributed by atoms with van der Waals surface area (Å²) in [4.78, 5) is 21.7. The first-order valence-corrected chi connectivity index (χ1v) is 6.90. The summed E-state index contributed by atoms with van der Waals surface area (Å²) >= 11 is 0. The molecule has 1 saturated heterocycles. The van der Waals surface area contributed by atoms with Gasteiger partial charge in [0.1, 0.15) is 12.2 Å². The van der Waals surface area contributed by atoms with E-state index in [1.165, 1.54) is 12.4 Å². The Labute approximate surface area is 118 Å². The molecule has 1 aliphatic rings. The van der Waals surface area contributed by atoms with Crippen LogP contribution in [0.3, 0.4) is 0 Å². The Morgan fingerprint density at radius 3 is 3.10 bits per heavy atom. The summed E-state index contributed by atoms with van der Waals surface area (Å²) in [6.45, 7) is 3.33. The molecule has 1 fully saturated rings. The summed E-state index contributed by atoms with van der Waals surface area (Å²) in [5.41, 5.74) is 0.184. The molecule has 0 saturated carbocycles. The first-order chi connectivity index (χ1) is 9.74. The summed E-state index contributed by atoms with van der Waals surface area (Å²) in [6.07, 6.45) is 6.14. The molecule has 0 aromatic carbocycles. The number of hydrogen-bond acceptors (Lipinski definition) is 5. The number of nitrogens with zero attached hydrogens (tertiary/aromatic N) is 4. The number of likely N-dealkylation sites (tertiary alicyclic amines) is 1. The lowest BCUT2D eigenvalue weighted by atomic mass is 10.2. The summed E-state index contributed by atoms with van der Waals surface area (Å²) in [5.74, 6) is 0.431. The lowest BCUT2D eigenvalue weighted by Crippen LogP contribution is -2.30.